The van der Waals surface area contributed by atoms with Crippen molar-refractivity contribution in [1.29, 1.82) is 0 Å². The van der Waals surface area contributed by atoms with Gasteiger partial charge in [0.2, 0.25) is 0 Å². The molecule has 2 heteroatoms. The van der Waals surface area contributed by atoms with E-state index in [4.69, 9.17) is 0 Å². The minimum atomic E-state index is 0.296. The van der Waals surface area contributed by atoms with Crippen LogP contribution in [0.15, 0.2) is 0 Å². The number of hydrogen-bond acceptors (Lipinski definition) is 2. The summed E-state index contributed by atoms with van der Waals surface area (Å²) in [5, 5.41) is 5.12. The molecular formula is C12H27NS. The van der Waals surface area contributed by atoms with E-state index >= 15 is 0 Å². The molecule has 0 fully saturated rings. The molecule has 0 saturated heterocycles. The van der Waals surface area contributed by atoms with Crippen LogP contribution in [0.4, 0.5) is 0 Å². The van der Waals surface area contributed by atoms with Crippen molar-refractivity contribution in [3.8, 4) is 0 Å². The first-order valence-corrected chi connectivity index (χ1v) is 6.76. The Hall–Kier alpha value is 0.310. The Morgan fingerprint density at radius 3 is 2.14 bits per heavy atom. The first-order chi connectivity index (χ1) is 6.41. The minimum Gasteiger partial charge on any atom is -0.311 e. The average molecular weight is 217 g/mol. The van der Waals surface area contributed by atoms with Crippen LogP contribution in [0.5, 0.6) is 0 Å². The Balaban J connectivity index is 3.68. The number of hydrogen-bond donors (Lipinski definition) is 1. The Kier molecular flexibility index (Phi) is 6.88. The molecule has 0 spiro atoms. The van der Waals surface area contributed by atoms with Crippen LogP contribution in [0.2, 0.25) is 0 Å². The zero-order chi connectivity index (χ0) is 11.2. The molecule has 0 radical (unpaired) electrons. The first kappa shape index (κ1) is 14.3. The highest BCUT2D eigenvalue weighted by molar-refractivity contribution is 8.00. The zero-order valence-corrected chi connectivity index (χ0v) is 11.5. The smallest absolute Gasteiger partial charge is 0.0147 e. The quantitative estimate of drug-likeness (QED) is 0.698. The maximum absolute atomic E-state index is 3.62. The van der Waals surface area contributed by atoms with Crippen LogP contribution in [0, 0.1) is 0 Å². The van der Waals surface area contributed by atoms with E-state index in [0.29, 0.717) is 5.54 Å². The standard InChI is InChI=1S/C12H27NS/c1-7-10(3)14-11(4)9-13-12(5,6)8-2/h10-11,13H,7-9H2,1-6H3. The minimum absolute atomic E-state index is 0.296. The van der Waals surface area contributed by atoms with Crippen molar-refractivity contribution < 1.29 is 0 Å². The molecule has 0 rings (SSSR count). The van der Waals surface area contributed by atoms with Gasteiger partial charge in [-0.25, -0.2) is 0 Å². The predicted octanol–water partition coefficient (Wildman–Crippen LogP) is 3.68. The third-order valence-corrected chi connectivity index (χ3v) is 4.22. The Morgan fingerprint density at radius 2 is 1.71 bits per heavy atom. The van der Waals surface area contributed by atoms with Gasteiger partial charge in [-0.3, -0.25) is 0 Å². The van der Waals surface area contributed by atoms with Crippen molar-refractivity contribution in [2.75, 3.05) is 6.54 Å². The molecule has 0 aromatic heterocycles. The van der Waals surface area contributed by atoms with Gasteiger partial charge in [-0.05, 0) is 26.7 Å². The number of thioether (sulfide) groups is 1. The molecule has 1 nitrogen and oxygen atoms in total. The summed E-state index contributed by atoms with van der Waals surface area (Å²) in [6.07, 6.45) is 2.46. The molecule has 0 aliphatic rings. The van der Waals surface area contributed by atoms with Crippen molar-refractivity contribution in [3.05, 3.63) is 0 Å². The summed E-state index contributed by atoms with van der Waals surface area (Å²) in [4.78, 5) is 0. The van der Waals surface area contributed by atoms with Crippen molar-refractivity contribution in [3.63, 3.8) is 0 Å². The lowest BCUT2D eigenvalue weighted by atomic mass is 10.0. The van der Waals surface area contributed by atoms with Gasteiger partial charge in [-0.2, -0.15) is 11.8 Å². The van der Waals surface area contributed by atoms with E-state index in [0.717, 1.165) is 17.0 Å². The summed E-state index contributed by atoms with van der Waals surface area (Å²) in [6, 6.07) is 0. The fourth-order valence-corrected chi connectivity index (χ4v) is 2.25. The van der Waals surface area contributed by atoms with Crippen LogP contribution >= 0.6 is 11.8 Å². The van der Waals surface area contributed by atoms with Gasteiger partial charge in [0.1, 0.15) is 0 Å². The van der Waals surface area contributed by atoms with E-state index < -0.39 is 0 Å². The van der Waals surface area contributed by atoms with Crippen LogP contribution in [-0.2, 0) is 0 Å². The van der Waals surface area contributed by atoms with Crippen LogP contribution < -0.4 is 5.32 Å². The van der Waals surface area contributed by atoms with Crippen LogP contribution in [0.25, 0.3) is 0 Å². The van der Waals surface area contributed by atoms with E-state index in [1.807, 2.05) is 0 Å². The molecule has 0 aromatic rings. The van der Waals surface area contributed by atoms with E-state index in [1.165, 1.54) is 12.8 Å². The largest absolute Gasteiger partial charge is 0.311 e. The Morgan fingerprint density at radius 1 is 1.14 bits per heavy atom. The van der Waals surface area contributed by atoms with Crippen molar-refractivity contribution in [1.82, 2.24) is 5.32 Å². The number of rotatable bonds is 7. The lowest BCUT2D eigenvalue weighted by molar-refractivity contribution is 0.379. The molecule has 0 saturated carbocycles. The average Bonchev–Trinajstić information content (AvgIpc) is 2.15. The van der Waals surface area contributed by atoms with E-state index in [2.05, 4.69) is 58.6 Å². The van der Waals surface area contributed by atoms with Crippen molar-refractivity contribution >= 4 is 11.8 Å². The fraction of sp³-hybridized carbons (Fsp3) is 1.00. The third-order valence-electron chi connectivity index (χ3n) is 2.79. The zero-order valence-electron chi connectivity index (χ0n) is 10.7. The molecule has 2 unspecified atom stereocenters. The Labute approximate surface area is 94.4 Å². The summed E-state index contributed by atoms with van der Waals surface area (Å²) in [7, 11) is 0. The van der Waals surface area contributed by atoms with Crippen molar-refractivity contribution in [2.24, 2.45) is 0 Å². The molecule has 14 heavy (non-hydrogen) atoms. The van der Waals surface area contributed by atoms with Gasteiger partial charge in [0.25, 0.3) is 0 Å². The second-order valence-corrected chi connectivity index (χ2v) is 6.67. The van der Waals surface area contributed by atoms with Crippen molar-refractivity contribution in [2.45, 2.75) is 70.4 Å². The number of nitrogens with one attached hydrogen (secondary N) is 1. The molecule has 0 aliphatic carbocycles. The molecule has 0 bridgehead atoms. The molecule has 0 amide bonds. The van der Waals surface area contributed by atoms with Gasteiger partial charge < -0.3 is 5.32 Å². The summed E-state index contributed by atoms with van der Waals surface area (Å²) in [5.41, 5.74) is 0.296. The summed E-state index contributed by atoms with van der Waals surface area (Å²) >= 11 is 2.09. The normalized spacial score (nSPS) is 16.7. The van der Waals surface area contributed by atoms with Gasteiger partial charge in [0.15, 0.2) is 0 Å². The van der Waals surface area contributed by atoms with E-state index in [1.54, 1.807) is 0 Å². The molecule has 0 aliphatic heterocycles. The summed E-state index contributed by atoms with van der Waals surface area (Å²) < 4.78 is 0. The van der Waals surface area contributed by atoms with E-state index in [9.17, 15) is 0 Å². The highest BCUT2D eigenvalue weighted by atomic mass is 32.2. The third kappa shape index (κ3) is 6.72. The molecule has 1 N–H and O–H groups in total. The lowest BCUT2D eigenvalue weighted by Gasteiger charge is -2.27. The van der Waals surface area contributed by atoms with Crippen LogP contribution in [-0.4, -0.2) is 22.6 Å². The monoisotopic (exact) mass is 217 g/mol. The van der Waals surface area contributed by atoms with Crippen LogP contribution in [0.3, 0.4) is 0 Å². The molecule has 86 valence electrons. The second kappa shape index (κ2) is 6.73. The first-order valence-electron chi connectivity index (χ1n) is 5.81. The summed E-state index contributed by atoms with van der Waals surface area (Å²) in [5.74, 6) is 0. The lowest BCUT2D eigenvalue weighted by Crippen LogP contribution is -2.41. The topological polar surface area (TPSA) is 12.0 Å². The van der Waals surface area contributed by atoms with E-state index in [-0.39, 0.29) is 0 Å². The summed E-state index contributed by atoms with van der Waals surface area (Å²) in [6.45, 7) is 14.8. The van der Waals surface area contributed by atoms with Crippen LogP contribution in [0.1, 0.15) is 54.4 Å². The molecule has 0 aromatic carbocycles. The second-order valence-electron chi connectivity index (χ2n) is 4.78. The predicted molar refractivity (Wildman–Crippen MR) is 69.2 cm³/mol. The maximum atomic E-state index is 3.62. The van der Waals surface area contributed by atoms with Gasteiger partial charge >= 0.3 is 0 Å². The van der Waals surface area contributed by atoms with Gasteiger partial charge in [0.05, 0.1) is 0 Å². The van der Waals surface area contributed by atoms with Gasteiger partial charge in [-0.15, -0.1) is 0 Å². The molecular weight excluding hydrogens is 190 g/mol. The van der Waals surface area contributed by atoms with Gasteiger partial charge in [0, 0.05) is 22.6 Å². The highest BCUT2D eigenvalue weighted by Crippen LogP contribution is 2.20. The highest BCUT2D eigenvalue weighted by Gasteiger charge is 2.15. The van der Waals surface area contributed by atoms with Gasteiger partial charge in [-0.1, -0.05) is 27.7 Å². The Bertz CT molecular complexity index is 145. The SMILES string of the molecule is CCC(C)SC(C)CNC(C)(C)CC. The fourth-order valence-electron chi connectivity index (χ4n) is 1.09. The molecule has 2 atom stereocenters. The maximum Gasteiger partial charge on any atom is 0.0147 e. The molecule has 0 heterocycles.